The Kier molecular flexibility index (Phi) is 4.58. The van der Waals surface area contributed by atoms with E-state index in [4.69, 9.17) is 0 Å². The second-order valence-corrected chi connectivity index (χ2v) is 4.27. The predicted molar refractivity (Wildman–Crippen MR) is 64.4 cm³/mol. The summed E-state index contributed by atoms with van der Waals surface area (Å²) in [6, 6.07) is 3.07. The number of carboxylic acid groups (broad SMARTS) is 1. The Hall–Kier alpha value is -1.98. The van der Waals surface area contributed by atoms with Crippen LogP contribution < -0.4 is 0 Å². The lowest BCUT2D eigenvalue weighted by Crippen LogP contribution is -2.50. The highest BCUT2D eigenvalue weighted by Gasteiger charge is 2.44. The molecular weight excluding hydrogens is 256 g/mol. The molecule has 0 heterocycles. The van der Waals surface area contributed by atoms with Gasteiger partial charge in [0.1, 0.15) is 11.6 Å². The van der Waals surface area contributed by atoms with Crippen molar-refractivity contribution in [2.24, 2.45) is 0 Å². The highest BCUT2D eigenvalue weighted by atomic mass is 19.1. The van der Waals surface area contributed by atoms with Gasteiger partial charge in [-0.2, -0.15) is 0 Å². The number of nitrogens with zero attached hydrogens (tertiary/aromatic N) is 1. The molecule has 0 radical (unpaired) electrons. The number of aliphatic carboxylic acids is 1. The van der Waals surface area contributed by atoms with E-state index < -0.39 is 28.7 Å². The van der Waals surface area contributed by atoms with Crippen molar-refractivity contribution >= 4 is 12.4 Å². The number of benzene rings is 1. The van der Waals surface area contributed by atoms with E-state index in [0.717, 1.165) is 30.0 Å². The lowest BCUT2D eigenvalue weighted by atomic mass is 9.89. The fourth-order valence-corrected chi connectivity index (χ4v) is 1.96. The van der Waals surface area contributed by atoms with Crippen molar-refractivity contribution in [3.63, 3.8) is 0 Å². The Morgan fingerprint density at radius 1 is 1.42 bits per heavy atom. The first kappa shape index (κ1) is 15.1. The van der Waals surface area contributed by atoms with Gasteiger partial charge in [0.05, 0.1) is 5.56 Å². The molecule has 0 saturated heterocycles. The van der Waals surface area contributed by atoms with E-state index in [9.17, 15) is 23.5 Å². The number of carbonyl (C=O) groups excluding carboxylic acids is 1. The molecule has 19 heavy (non-hydrogen) atoms. The molecule has 1 aromatic rings. The van der Waals surface area contributed by atoms with Crippen LogP contribution >= 0.6 is 0 Å². The third-order valence-corrected chi connectivity index (χ3v) is 3.03. The second kappa shape index (κ2) is 5.77. The smallest absolute Gasteiger partial charge is 0.334 e. The molecule has 1 atom stereocenters. The van der Waals surface area contributed by atoms with Crippen LogP contribution in [0.15, 0.2) is 18.2 Å². The van der Waals surface area contributed by atoms with E-state index in [1.54, 1.807) is 6.92 Å². The van der Waals surface area contributed by atoms with Gasteiger partial charge in [-0.3, -0.25) is 4.79 Å². The Labute approximate surface area is 109 Å². The predicted octanol–water partition coefficient (Wildman–Crippen LogP) is 2.13. The first-order chi connectivity index (χ1) is 8.89. The van der Waals surface area contributed by atoms with Gasteiger partial charge in [-0.25, -0.2) is 13.6 Å². The van der Waals surface area contributed by atoms with Gasteiger partial charge in [-0.15, -0.1) is 0 Å². The maximum atomic E-state index is 13.8. The first-order valence-electron chi connectivity index (χ1n) is 5.79. The standard InChI is InChI=1S/C13H15F2NO3/c1-3-7-16(8-17)13(2,12(18)19)11-9(14)5-4-6-10(11)15/h4-6,8H,3,7H2,1-2H3,(H,18,19). The van der Waals surface area contributed by atoms with Crippen LogP contribution in [0.1, 0.15) is 25.8 Å². The van der Waals surface area contributed by atoms with Crippen molar-refractivity contribution in [1.29, 1.82) is 0 Å². The van der Waals surface area contributed by atoms with Gasteiger partial charge in [0, 0.05) is 6.54 Å². The van der Waals surface area contributed by atoms with Crippen LogP contribution in [-0.4, -0.2) is 28.9 Å². The molecule has 0 saturated carbocycles. The van der Waals surface area contributed by atoms with Crippen molar-refractivity contribution in [2.45, 2.75) is 25.8 Å². The summed E-state index contributed by atoms with van der Waals surface area (Å²) in [6.45, 7) is 2.93. The Bertz CT molecular complexity index is 473. The fourth-order valence-electron chi connectivity index (χ4n) is 1.96. The summed E-state index contributed by atoms with van der Waals surface area (Å²) >= 11 is 0. The quantitative estimate of drug-likeness (QED) is 0.806. The van der Waals surface area contributed by atoms with Crippen molar-refractivity contribution in [3.05, 3.63) is 35.4 Å². The molecular formula is C13H15F2NO3. The number of amides is 1. The molecule has 0 fully saturated rings. The lowest BCUT2D eigenvalue weighted by Gasteiger charge is -2.35. The summed E-state index contributed by atoms with van der Waals surface area (Å²) in [5.41, 5.74) is -2.71. The van der Waals surface area contributed by atoms with Crippen molar-refractivity contribution < 1.29 is 23.5 Å². The average Bonchev–Trinajstić information content (AvgIpc) is 2.35. The zero-order chi connectivity index (χ0) is 14.6. The molecule has 0 spiro atoms. The molecule has 1 aromatic carbocycles. The molecule has 4 nitrogen and oxygen atoms in total. The Balaban J connectivity index is 3.49. The fraction of sp³-hybridized carbons (Fsp3) is 0.385. The van der Waals surface area contributed by atoms with Crippen LogP contribution in [0.4, 0.5) is 8.78 Å². The van der Waals surface area contributed by atoms with Gasteiger partial charge in [-0.05, 0) is 25.5 Å². The molecule has 0 aromatic heterocycles. The summed E-state index contributed by atoms with van der Waals surface area (Å²) < 4.78 is 27.6. The topological polar surface area (TPSA) is 57.6 Å². The average molecular weight is 271 g/mol. The van der Waals surface area contributed by atoms with E-state index in [0.29, 0.717) is 12.8 Å². The van der Waals surface area contributed by atoms with E-state index in [1.165, 1.54) is 0 Å². The minimum absolute atomic E-state index is 0.0834. The zero-order valence-electron chi connectivity index (χ0n) is 10.7. The molecule has 1 unspecified atom stereocenters. The van der Waals surface area contributed by atoms with Gasteiger partial charge in [0.15, 0.2) is 5.54 Å². The molecule has 1 N–H and O–H groups in total. The molecule has 0 aliphatic rings. The van der Waals surface area contributed by atoms with Crippen LogP contribution in [0.3, 0.4) is 0 Å². The monoisotopic (exact) mass is 271 g/mol. The zero-order valence-corrected chi connectivity index (χ0v) is 10.7. The third-order valence-electron chi connectivity index (χ3n) is 3.03. The molecule has 0 aliphatic carbocycles. The highest BCUT2D eigenvalue weighted by Crippen LogP contribution is 2.32. The summed E-state index contributed by atoms with van der Waals surface area (Å²) in [6.07, 6.45) is 0.765. The van der Waals surface area contributed by atoms with Crippen LogP contribution in [0.2, 0.25) is 0 Å². The summed E-state index contributed by atoms with van der Waals surface area (Å²) in [7, 11) is 0. The minimum atomic E-state index is -2.08. The number of hydrogen-bond acceptors (Lipinski definition) is 2. The maximum Gasteiger partial charge on any atom is 0.334 e. The minimum Gasteiger partial charge on any atom is -0.479 e. The van der Waals surface area contributed by atoms with Crippen molar-refractivity contribution in [1.82, 2.24) is 4.90 Å². The van der Waals surface area contributed by atoms with Crippen molar-refractivity contribution in [3.8, 4) is 0 Å². The van der Waals surface area contributed by atoms with Gasteiger partial charge >= 0.3 is 5.97 Å². The van der Waals surface area contributed by atoms with E-state index in [1.807, 2.05) is 0 Å². The van der Waals surface area contributed by atoms with Crippen LogP contribution in [0, 0.1) is 11.6 Å². The Morgan fingerprint density at radius 3 is 2.32 bits per heavy atom. The number of hydrogen-bond donors (Lipinski definition) is 1. The summed E-state index contributed by atoms with van der Waals surface area (Å²) in [5.74, 6) is -3.47. The molecule has 1 rings (SSSR count). The number of carboxylic acids is 1. The van der Waals surface area contributed by atoms with Gasteiger partial charge < -0.3 is 10.0 Å². The normalized spacial score (nSPS) is 13.7. The van der Waals surface area contributed by atoms with E-state index >= 15 is 0 Å². The van der Waals surface area contributed by atoms with Gasteiger partial charge in [0.25, 0.3) is 0 Å². The van der Waals surface area contributed by atoms with Crippen LogP contribution in [0.5, 0.6) is 0 Å². The molecule has 104 valence electrons. The first-order valence-corrected chi connectivity index (χ1v) is 5.79. The van der Waals surface area contributed by atoms with Gasteiger partial charge in [-0.1, -0.05) is 13.0 Å². The summed E-state index contributed by atoms with van der Waals surface area (Å²) in [5, 5.41) is 9.33. The SMILES string of the molecule is CCCN(C=O)C(C)(C(=O)O)c1c(F)cccc1F. The largest absolute Gasteiger partial charge is 0.479 e. The molecule has 1 amide bonds. The van der Waals surface area contributed by atoms with Gasteiger partial charge in [0.2, 0.25) is 6.41 Å². The van der Waals surface area contributed by atoms with E-state index in [2.05, 4.69) is 0 Å². The van der Waals surface area contributed by atoms with Crippen molar-refractivity contribution in [2.75, 3.05) is 6.54 Å². The molecule has 0 aliphatic heterocycles. The number of rotatable bonds is 6. The lowest BCUT2D eigenvalue weighted by molar-refractivity contribution is -0.155. The second-order valence-electron chi connectivity index (χ2n) is 4.27. The Morgan fingerprint density at radius 2 is 1.95 bits per heavy atom. The molecule has 6 heteroatoms. The summed E-state index contributed by atoms with van der Waals surface area (Å²) in [4.78, 5) is 23.4. The number of halogens is 2. The van der Waals surface area contributed by atoms with Crippen LogP contribution in [-0.2, 0) is 15.1 Å². The van der Waals surface area contributed by atoms with Crippen LogP contribution in [0.25, 0.3) is 0 Å². The third kappa shape index (κ3) is 2.57. The van der Waals surface area contributed by atoms with E-state index in [-0.39, 0.29) is 6.54 Å². The number of carbonyl (C=O) groups is 2. The molecule has 0 bridgehead atoms. The maximum absolute atomic E-state index is 13.8. The highest BCUT2D eigenvalue weighted by molar-refractivity contribution is 5.83.